The highest BCUT2D eigenvalue weighted by Crippen LogP contribution is 2.23. The highest BCUT2D eigenvalue weighted by Gasteiger charge is 2.25. The molecule has 2 nitrogen and oxygen atoms in total. The lowest BCUT2D eigenvalue weighted by atomic mass is 10.2. The molecular formula is C11H15Cl2FN2. The Morgan fingerprint density at radius 2 is 2.12 bits per heavy atom. The molecule has 1 aromatic carbocycles. The van der Waals surface area contributed by atoms with Gasteiger partial charge in [0.05, 0.1) is 6.54 Å². The lowest BCUT2D eigenvalue weighted by Crippen LogP contribution is -2.48. The highest BCUT2D eigenvalue weighted by molar-refractivity contribution is 6.22. The van der Waals surface area contributed by atoms with Crippen LogP contribution in [-0.4, -0.2) is 30.3 Å². The van der Waals surface area contributed by atoms with Gasteiger partial charge in [0.15, 0.2) is 0 Å². The van der Waals surface area contributed by atoms with E-state index >= 15 is 0 Å². The van der Waals surface area contributed by atoms with Crippen molar-refractivity contribution in [3.05, 3.63) is 29.8 Å². The third kappa shape index (κ3) is 3.00. The maximum Gasteiger partial charge on any atom is 0.119 e. The molecule has 1 atom stereocenters. The fourth-order valence-electron chi connectivity index (χ4n) is 1.81. The summed E-state index contributed by atoms with van der Waals surface area (Å²) in [6.45, 7) is 3.35. The maximum atomic E-state index is 12.9. The largest absolute Gasteiger partial charge is 0.353 e. The number of benzene rings is 1. The normalized spacial score (nSPS) is 21.7. The van der Waals surface area contributed by atoms with Crippen LogP contribution in [0.5, 0.6) is 0 Å². The van der Waals surface area contributed by atoms with E-state index in [0.717, 1.165) is 10.8 Å². The summed E-state index contributed by atoms with van der Waals surface area (Å²) in [6.07, 6.45) is 0. The van der Waals surface area contributed by atoms with Crippen molar-refractivity contribution >= 4 is 29.7 Å². The molecule has 0 bridgehead atoms. The van der Waals surface area contributed by atoms with Crippen LogP contribution in [0.3, 0.4) is 0 Å². The van der Waals surface area contributed by atoms with Gasteiger partial charge in [0.25, 0.3) is 0 Å². The molecule has 1 aliphatic rings. The highest BCUT2D eigenvalue weighted by atomic mass is 35.5. The van der Waals surface area contributed by atoms with Crippen molar-refractivity contribution < 1.29 is 4.48 Å². The van der Waals surface area contributed by atoms with Crippen LogP contribution >= 0.6 is 24.0 Å². The standard InChI is InChI=1S/C11H14ClFN2.ClH/c1-9-3-2-4-10(7-9)15-6-5-14(13)8-11(15)12;/h2-4,7,11H,5-6,8H2,1H3;1H. The molecule has 2 rings (SSSR count). The number of hydrogen-bond donors (Lipinski definition) is 0. The Morgan fingerprint density at radius 1 is 1.38 bits per heavy atom. The first-order chi connectivity index (χ1) is 7.16. The van der Waals surface area contributed by atoms with Crippen molar-refractivity contribution in [3.63, 3.8) is 0 Å². The molecule has 0 amide bonds. The second kappa shape index (κ2) is 5.71. The summed E-state index contributed by atoms with van der Waals surface area (Å²) in [4.78, 5) is 2.03. The third-order valence-electron chi connectivity index (χ3n) is 2.60. The van der Waals surface area contributed by atoms with Crippen LogP contribution in [0, 0.1) is 6.92 Å². The predicted molar refractivity (Wildman–Crippen MR) is 68.1 cm³/mol. The molecule has 0 N–H and O–H groups in total. The Labute approximate surface area is 106 Å². The molecular weight excluding hydrogens is 250 g/mol. The number of halogens is 3. The zero-order chi connectivity index (χ0) is 10.8. The number of rotatable bonds is 1. The third-order valence-corrected chi connectivity index (χ3v) is 2.98. The fourth-order valence-corrected chi connectivity index (χ4v) is 2.17. The second-order valence-electron chi connectivity index (χ2n) is 3.84. The van der Waals surface area contributed by atoms with E-state index in [1.54, 1.807) is 0 Å². The minimum Gasteiger partial charge on any atom is -0.353 e. The van der Waals surface area contributed by atoms with E-state index in [1.165, 1.54) is 5.56 Å². The summed E-state index contributed by atoms with van der Waals surface area (Å²) in [5.41, 5.74) is 1.98. The van der Waals surface area contributed by atoms with Gasteiger partial charge in [-0.25, -0.2) is 0 Å². The minimum atomic E-state index is -0.287. The van der Waals surface area contributed by atoms with Gasteiger partial charge in [0.1, 0.15) is 5.50 Å². The molecule has 0 spiro atoms. The Kier molecular flexibility index (Phi) is 4.84. The van der Waals surface area contributed by atoms with Crippen molar-refractivity contribution in [2.75, 3.05) is 24.5 Å². The molecule has 1 aromatic rings. The minimum absolute atomic E-state index is 0. The smallest absolute Gasteiger partial charge is 0.119 e. The van der Waals surface area contributed by atoms with Crippen molar-refractivity contribution in [2.24, 2.45) is 0 Å². The van der Waals surface area contributed by atoms with Gasteiger partial charge in [0.2, 0.25) is 0 Å². The van der Waals surface area contributed by atoms with Crippen LogP contribution < -0.4 is 4.90 Å². The predicted octanol–water partition coefficient (Wildman–Crippen LogP) is 2.99. The number of hydrogen-bond acceptors (Lipinski definition) is 2. The average molecular weight is 265 g/mol. The Morgan fingerprint density at radius 3 is 2.75 bits per heavy atom. The molecule has 16 heavy (non-hydrogen) atoms. The molecule has 90 valence electrons. The van der Waals surface area contributed by atoms with E-state index in [1.807, 2.05) is 30.0 Å². The first kappa shape index (κ1) is 13.6. The van der Waals surface area contributed by atoms with E-state index in [9.17, 15) is 4.48 Å². The molecule has 1 heterocycles. The topological polar surface area (TPSA) is 6.48 Å². The van der Waals surface area contributed by atoms with E-state index in [2.05, 4.69) is 6.07 Å². The van der Waals surface area contributed by atoms with Crippen LogP contribution in [-0.2, 0) is 0 Å². The Balaban J connectivity index is 0.00000128. The maximum absolute atomic E-state index is 12.9. The van der Waals surface area contributed by atoms with E-state index in [0.29, 0.717) is 13.1 Å². The molecule has 5 heteroatoms. The monoisotopic (exact) mass is 264 g/mol. The van der Waals surface area contributed by atoms with Crippen LogP contribution in [0.25, 0.3) is 0 Å². The average Bonchev–Trinajstić information content (AvgIpc) is 2.17. The van der Waals surface area contributed by atoms with Crippen molar-refractivity contribution in [1.29, 1.82) is 0 Å². The summed E-state index contributed by atoms with van der Waals surface area (Å²) in [5.74, 6) is 0. The van der Waals surface area contributed by atoms with E-state index < -0.39 is 0 Å². The fraction of sp³-hybridized carbons (Fsp3) is 0.455. The van der Waals surface area contributed by atoms with Crippen molar-refractivity contribution in [2.45, 2.75) is 12.4 Å². The van der Waals surface area contributed by atoms with E-state index in [4.69, 9.17) is 11.6 Å². The van der Waals surface area contributed by atoms with E-state index in [-0.39, 0.29) is 24.5 Å². The molecule has 1 fully saturated rings. The molecule has 0 saturated carbocycles. The van der Waals surface area contributed by atoms with Gasteiger partial charge in [-0.2, -0.15) is 0 Å². The number of alkyl halides is 1. The molecule has 1 saturated heterocycles. The first-order valence-electron chi connectivity index (χ1n) is 5.05. The van der Waals surface area contributed by atoms with Gasteiger partial charge in [-0.05, 0) is 24.6 Å². The number of aryl methyl sites for hydroxylation is 1. The zero-order valence-corrected chi connectivity index (χ0v) is 10.6. The second-order valence-corrected chi connectivity index (χ2v) is 4.34. The van der Waals surface area contributed by atoms with Crippen LogP contribution in [0.2, 0.25) is 0 Å². The zero-order valence-electron chi connectivity index (χ0n) is 9.07. The summed E-state index contributed by atoms with van der Waals surface area (Å²) >= 11 is 6.11. The van der Waals surface area contributed by atoms with Gasteiger partial charge in [0, 0.05) is 18.8 Å². The van der Waals surface area contributed by atoms with Crippen LogP contribution in [0.4, 0.5) is 10.2 Å². The first-order valence-corrected chi connectivity index (χ1v) is 5.48. The van der Waals surface area contributed by atoms with Crippen molar-refractivity contribution in [1.82, 2.24) is 5.12 Å². The summed E-state index contributed by atoms with van der Waals surface area (Å²) in [5, 5.41) is 0.768. The van der Waals surface area contributed by atoms with Gasteiger partial charge in [-0.3, -0.25) is 0 Å². The summed E-state index contributed by atoms with van der Waals surface area (Å²) < 4.78 is 12.9. The Hall–Kier alpha value is -0.510. The van der Waals surface area contributed by atoms with Gasteiger partial charge in [-0.15, -0.1) is 22.0 Å². The van der Waals surface area contributed by atoms with Gasteiger partial charge >= 0.3 is 0 Å². The number of anilines is 1. The van der Waals surface area contributed by atoms with Crippen LogP contribution in [0.15, 0.2) is 24.3 Å². The Bertz CT molecular complexity index is 349. The summed E-state index contributed by atoms with van der Waals surface area (Å²) in [7, 11) is 0. The summed E-state index contributed by atoms with van der Waals surface area (Å²) in [6, 6.07) is 8.12. The quantitative estimate of drug-likeness (QED) is 0.437. The number of piperazine rings is 1. The molecule has 1 aliphatic heterocycles. The molecule has 0 aromatic heterocycles. The lowest BCUT2D eigenvalue weighted by molar-refractivity contribution is 0.0153. The van der Waals surface area contributed by atoms with Crippen LogP contribution in [0.1, 0.15) is 5.56 Å². The SMILES string of the molecule is Cc1cccc(N2CCN(F)CC2Cl)c1.Cl. The van der Waals surface area contributed by atoms with Crippen molar-refractivity contribution in [3.8, 4) is 0 Å². The number of nitrogens with zero attached hydrogens (tertiary/aromatic N) is 2. The van der Waals surface area contributed by atoms with Gasteiger partial charge < -0.3 is 4.90 Å². The molecule has 1 unspecified atom stereocenters. The van der Waals surface area contributed by atoms with Gasteiger partial charge in [-0.1, -0.05) is 23.7 Å². The molecule has 0 aliphatic carbocycles. The molecule has 0 radical (unpaired) electrons. The lowest BCUT2D eigenvalue weighted by Gasteiger charge is -2.36.